The molecule has 3 aromatic rings. The molecule has 0 radical (unpaired) electrons. The number of nitrogens with one attached hydrogen (secondary N) is 1. The monoisotopic (exact) mass is 410 g/mol. The third kappa shape index (κ3) is 3.96. The van der Waals surface area contributed by atoms with E-state index in [-0.39, 0.29) is 17.2 Å². The molecule has 146 valence electrons. The molecule has 0 aliphatic carbocycles. The van der Waals surface area contributed by atoms with E-state index >= 15 is 0 Å². The van der Waals surface area contributed by atoms with Crippen LogP contribution in [0.5, 0.6) is 0 Å². The Morgan fingerprint density at radius 3 is 2.66 bits per heavy atom. The summed E-state index contributed by atoms with van der Waals surface area (Å²) in [6.07, 6.45) is 4.19. The van der Waals surface area contributed by atoms with E-state index in [1.54, 1.807) is 23.2 Å². The molecule has 1 fully saturated rings. The molecule has 0 unspecified atom stereocenters. The summed E-state index contributed by atoms with van der Waals surface area (Å²) in [5.74, 6) is -1.52. The van der Waals surface area contributed by atoms with E-state index in [0.29, 0.717) is 31.6 Å². The van der Waals surface area contributed by atoms with Crippen molar-refractivity contribution < 1.29 is 13.6 Å². The van der Waals surface area contributed by atoms with E-state index in [2.05, 4.69) is 10.3 Å². The zero-order valence-electron chi connectivity index (χ0n) is 15.3. The highest BCUT2D eigenvalue weighted by Gasteiger charge is 2.21. The molecule has 1 N–H and O–H groups in total. The third-order valence-corrected chi connectivity index (χ3v) is 5.68. The normalized spacial score (nSPS) is 14.0. The number of fused-ring (bicyclic) bond motifs is 1. The topological polar surface area (TPSA) is 69.0 Å². The molecule has 0 spiro atoms. The van der Waals surface area contributed by atoms with Crippen LogP contribution in [-0.4, -0.2) is 29.0 Å². The molecule has 4 rings (SSSR count). The molecule has 2 amide bonds. The van der Waals surface area contributed by atoms with Crippen LogP contribution in [-0.2, 0) is 0 Å². The fraction of sp³-hybridized carbons (Fsp3) is 0.190. The minimum absolute atomic E-state index is 0.0514. The minimum atomic E-state index is -0.758. The summed E-state index contributed by atoms with van der Waals surface area (Å²) in [7, 11) is 0. The van der Waals surface area contributed by atoms with E-state index in [0.717, 1.165) is 27.9 Å². The highest BCUT2D eigenvalue weighted by Crippen LogP contribution is 2.27. The van der Waals surface area contributed by atoms with Crippen molar-refractivity contribution in [3.8, 4) is 6.07 Å². The van der Waals surface area contributed by atoms with Gasteiger partial charge < -0.3 is 10.2 Å². The second kappa shape index (κ2) is 7.97. The van der Waals surface area contributed by atoms with Gasteiger partial charge in [0.15, 0.2) is 0 Å². The van der Waals surface area contributed by atoms with Crippen LogP contribution >= 0.6 is 11.3 Å². The van der Waals surface area contributed by atoms with Crippen molar-refractivity contribution in [1.29, 1.82) is 5.26 Å². The lowest BCUT2D eigenvalue weighted by Crippen LogP contribution is -2.39. The number of hydrogen-bond donors (Lipinski definition) is 1. The molecular formula is C21H16F2N4OS. The van der Waals surface area contributed by atoms with Crippen LogP contribution in [0.25, 0.3) is 16.3 Å². The molecule has 2 aromatic heterocycles. The van der Waals surface area contributed by atoms with Crippen LogP contribution < -0.4 is 5.32 Å². The number of nitrogens with zero attached hydrogens (tertiary/aromatic N) is 3. The van der Waals surface area contributed by atoms with E-state index in [1.165, 1.54) is 17.4 Å². The average molecular weight is 410 g/mol. The minimum Gasteiger partial charge on any atom is -0.324 e. The first-order chi connectivity index (χ1) is 14.0. The lowest BCUT2D eigenvalue weighted by Gasteiger charge is -2.28. The van der Waals surface area contributed by atoms with Crippen LogP contribution in [0.2, 0.25) is 0 Å². The molecule has 5 nitrogen and oxygen atoms in total. The molecular weight excluding hydrogens is 394 g/mol. The predicted molar refractivity (Wildman–Crippen MR) is 108 cm³/mol. The summed E-state index contributed by atoms with van der Waals surface area (Å²) in [6, 6.07) is 7.25. The summed E-state index contributed by atoms with van der Waals surface area (Å²) in [5.41, 5.74) is 1.38. The molecule has 0 saturated carbocycles. The number of urea groups is 1. The van der Waals surface area contributed by atoms with Gasteiger partial charge in [0.05, 0.1) is 17.3 Å². The van der Waals surface area contributed by atoms with Gasteiger partial charge in [0, 0.05) is 30.2 Å². The smallest absolute Gasteiger partial charge is 0.321 e. The largest absolute Gasteiger partial charge is 0.324 e. The molecule has 1 aliphatic heterocycles. The summed E-state index contributed by atoms with van der Waals surface area (Å²) in [5, 5.41) is 14.5. The Bertz CT molecular complexity index is 1130. The summed E-state index contributed by atoms with van der Waals surface area (Å²) >= 11 is 1.51. The van der Waals surface area contributed by atoms with Crippen LogP contribution in [0.15, 0.2) is 41.4 Å². The Labute approximate surface area is 169 Å². The maximum Gasteiger partial charge on any atom is 0.321 e. The van der Waals surface area contributed by atoms with Crippen molar-refractivity contribution in [2.24, 2.45) is 0 Å². The van der Waals surface area contributed by atoms with Gasteiger partial charge in [-0.25, -0.2) is 18.6 Å². The number of pyridine rings is 1. The number of rotatable bonds is 2. The number of anilines is 1. The molecule has 1 saturated heterocycles. The number of thiophene rings is 1. The molecule has 0 bridgehead atoms. The van der Waals surface area contributed by atoms with Gasteiger partial charge in [0.25, 0.3) is 0 Å². The Hall–Kier alpha value is -3.31. The van der Waals surface area contributed by atoms with Crippen LogP contribution in [0.3, 0.4) is 0 Å². The standard InChI is InChI=1S/C21H16F2N4OS/c22-17-10-14(12-24)11-18(23)16(17)9-13-2-6-27(7-3-13)21(28)26-19-1-5-25-20-15(19)4-8-29-20/h1,4-5,8-11H,2-3,6-7H2,(H,25,26,28). The van der Waals surface area contributed by atoms with Crippen molar-refractivity contribution >= 4 is 39.3 Å². The van der Waals surface area contributed by atoms with Crippen molar-refractivity contribution in [2.45, 2.75) is 12.8 Å². The number of aromatic nitrogens is 1. The lowest BCUT2D eigenvalue weighted by molar-refractivity contribution is 0.208. The number of benzene rings is 1. The van der Waals surface area contributed by atoms with Crippen LogP contribution in [0.4, 0.5) is 19.3 Å². The van der Waals surface area contributed by atoms with Gasteiger partial charge in [-0.15, -0.1) is 11.3 Å². The average Bonchev–Trinajstić information content (AvgIpc) is 3.21. The number of amides is 2. The Morgan fingerprint density at radius 2 is 1.97 bits per heavy atom. The van der Waals surface area contributed by atoms with Gasteiger partial charge in [-0.1, -0.05) is 5.57 Å². The first-order valence-corrected chi connectivity index (χ1v) is 9.90. The number of halogens is 2. The number of likely N-dealkylation sites (tertiary alicyclic amines) is 1. The second-order valence-corrected chi connectivity index (χ2v) is 7.58. The fourth-order valence-electron chi connectivity index (χ4n) is 3.31. The second-order valence-electron chi connectivity index (χ2n) is 6.68. The van der Waals surface area contributed by atoms with Gasteiger partial charge in [-0.05, 0) is 48.6 Å². The van der Waals surface area contributed by atoms with Gasteiger partial charge in [0.2, 0.25) is 0 Å². The van der Waals surface area contributed by atoms with Crippen molar-refractivity contribution in [3.63, 3.8) is 0 Å². The highest BCUT2D eigenvalue weighted by molar-refractivity contribution is 7.16. The first-order valence-electron chi connectivity index (χ1n) is 9.02. The van der Waals surface area contributed by atoms with Crippen molar-refractivity contribution in [2.75, 3.05) is 18.4 Å². The SMILES string of the molecule is N#Cc1cc(F)c(C=C2CCN(C(=O)Nc3ccnc4sccc34)CC2)c(F)c1. The van der Waals surface area contributed by atoms with E-state index in [9.17, 15) is 13.6 Å². The quantitative estimate of drug-likeness (QED) is 0.635. The molecule has 29 heavy (non-hydrogen) atoms. The van der Waals surface area contributed by atoms with E-state index in [1.807, 2.05) is 11.4 Å². The lowest BCUT2D eigenvalue weighted by atomic mass is 10.00. The van der Waals surface area contributed by atoms with Gasteiger partial charge in [0.1, 0.15) is 16.5 Å². The molecule has 8 heteroatoms. The Morgan fingerprint density at radius 1 is 1.24 bits per heavy atom. The summed E-state index contributed by atoms with van der Waals surface area (Å²) < 4.78 is 28.2. The van der Waals surface area contributed by atoms with Gasteiger partial charge in [-0.2, -0.15) is 5.26 Å². The Balaban J connectivity index is 1.43. The summed E-state index contributed by atoms with van der Waals surface area (Å²) in [6.45, 7) is 0.907. The maximum atomic E-state index is 14.1. The van der Waals surface area contributed by atoms with E-state index < -0.39 is 11.6 Å². The van der Waals surface area contributed by atoms with Gasteiger partial charge >= 0.3 is 6.03 Å². The number of carbonyl (C=O) groups excluding carboxylic acids is 1. The molecule has 0 atom stereocenters. The van der Waals surface area contributed by atoms with Crippen LogP contribution in [0.1, 0.15) is 24.0 Å². The van der Waals surface area contributed by atoms with Crippen molar-refractivity contribution in [3.05, 3.63) is 64.2 Å². The molecule has 1 aliphatic rings. The van der Waals surface area contributed by atoms with E-state index in [4.69, 9.17) is 5.26 Å². The van der Waals surface area contributed by atoms with Crippen molar-refractivity contribution in [1.82, 2.24) is 9.88 Å². The van der Waals surface area contributed by atoms with Gasteiger partial charge in [-0.3, -0.25) is 0 Å². The third-order valence-electron chi connectivity index (χ3n) is 4.86. The molecule has 1 aromatic carbocycles. The number of hydrogen-bond acceptors (Lipinski definition) is 4. The number of carbonyl (C=O) groups is 1. The fourth-order valence-corrected chi connectivity index (χ4v) is 4.07. The van der Waals surface area contributed by atoms with Crippen LogP contribution in [0, 0.1) is 23.0 Å². The molecule has 3 heterocycles. The predicted octanol–water partition coefficient (Wildman–Crippen LogP) is 5.16. The number of nitriles is 1. The summed E-state index contributed by atoms with van der Waals surface area (Å²) in [4.78, 5) is 19.4. The highest BCUT2D eigenvalue weighted by atomic mass is 32.1. The zero-order chi connectivity index (χ0) is 20.4. The maximum absolute atomic E-state index is 14.1. The Kier molecular flexibility index (Phi) is 5.23. The first kappa shape index (κ1) is 19.0. The zero-order valence-corrected chi connectivity index (χ0v) is 16.1. The number of piperidine rings is 1.